The fraction of sp³-hybridized carbons (Fsp3) is 0.706. The molecule has 1 aromatic heterocycles. The van der Waals surface area contributed by atoms with Crippen molar-refractivity contribution in [1.29, 1.82) is 0 Å². The van der Waals surface area contributed by atoms with E-state index in [1.165, 1.54) is 13.3 Å². The number of aromatic nitrogens is 2. The normalized spacial score (nSPS) is 24.3. The molecule has 0 saturated heterocycles. The van der Waals surface area contributed by atoms with Crippen LogP contribution in [0.4, 0.5) is 11.8 Å². The Morgan fingerprint density at radius 1 is 1.38 bits per heavy atom. The van der Waals surface area contributed by atoms with E-state index in [4.69, 9.17) is 4.74 Å². The van der Waals surface area contributed by atoms with E-state index in [0.717, 1.165) is 12.8 Å². The number of anilines is 2. The maximum absolute atomic E-state index is 12.0. The third kappa shape index (κ3) is 4.80. The van der Waals surface area contributed by atoms with Gasteiger partial charge in [0.15, 0.2) is 0 Å². The molecule has 1 aromatic rings. The molecule has 0 bridgehead atoms. The SMILES string of the molecule is COC(=O)c1cnc(NC(C)(C)C)nc1N[C@@H]1CC[C@@H](C)[C@H](O)C1. The molecule has 0 radical (unpaired) electrons. The van der Waals surface area contributed by atoms with Gasteiger partial charge in [-0.15, -0.1) is 0 Å². The van der Waals surface area contributed by atoms with Crippen LogP contribution in [-0.4, -0.2) is 45.8 Å². The summed E-state index contributed by atoms with van der Waals surface area (Å²) in [6.45, 7) is 8.08. The predicted molar refractivity (Wildman–Crippen MR) is 93.2 cm³/mol. The van der Waals surface area contributed by atoms with Crippen molar-refractivity contribution in [2.45, 2.75) is 64.6 Å². The van der Waals surface area contributed by atoms with Crippen molar-refractivity contribution in [2.75, 3.05) is 17.7 Å². The summed E-state index contributed by atoms with van der Waals surface area (Å²) in [5.41, 5.74) is 0.102. The summed E-state index contributed by atoms with van der Waals surface area (Å²) in [5, 5.41) is 16.6. The van der Waals surface area contributed by atoms with Gasteiger partial charge < -0.3 is 20.5 Å². The van der Waals surface area contributed by atoms with Gasteiger partial charge in [-0.1, -0.05) is 6.92 Å². The average molecular weight is 336 g/mol. The second kappa shape index (κ2) is 7.34. The lowest BCUT2D eigenvalue weighted by Crippen LogP contribution is -2.35. The molecule has 1 fully saturated rings. The van der Waals surface area contributed by atoms with Gasteiger partial charge in [0.1, 0.15) is 11.4 Å². The number of aliphatic hydroxyl groups is 1. The fourth-order valence-electron chi connectivity index (χ4n) is 2.77. The first-order chi connectivity index (χ1) is 11.2. The molecule has 1 heterocycles. The summed E-state index contributed by atoms with van der Waals surface area (Å²) < 4.78 is 4.82. The number of rotatable bonds is 4. The molecule has 0 amide bonds. The van der Waals surface area contributed by atoms with Gasteiger partial charge in [0, 0.05) is 17.8 Å². The molecule has 3 N–H and O–H groups in total. The molecule has 0 spiro atoms. The number of carbonyl (C=O) groups is 1. The van der Waals surface area contributed by atoms with E-state index >= 15 is 0 Å². The number of methoxy groups -OCH3 is 1. The second-order valence-electron chi connectivity index (χ2n) is 7.52. The molecule has 3 atom stereocenters. The van der Waals surface area contributed by atoms with E-state index < -0.39 is 5.97 Å². The van der Waals surface area contributed by atoms with Crippen LogP contribution in [0.1, 0.15) is 57.3 Å². The van der Waals surface area contributed by atoms with E-state index in [-0.39, 0.29) is 17.7 Å². The number of esters is 1. The maximum Gasteiger partial charge on any atom is 0.343 e. The van der Waals surface area contributed by atoms with Gasteiger partial charge >= 0.3 is 5.97 Å². The average Bonchev–Trinajstić information content (AvgIpc) is 2.49. The molecule has 1 saturated carbocycles. The van der Waals surface area contributed by atoms with Crippen LogP contribution in [0.25, 0.3) is 0 Å². The third-order valence-electron chi connectivity index (χ3n) is 4.18. The number of carbonyl (C=O) groups excluding carboxylic acids is 1. The molecule has 1 aliphatic carbocycles. The Kier molecular flexibility index (Phi) is 5.64. The van der Waals surface area contributed by atoms with Crippen LogP contribution in [0, 0.1) is 5.92 Å². The Morgan fingerprint density at radius 3 is 2.67 bits per heavy atom. The minimum atomic E-state index is -0.482. The van der Waals surface area contributed by atoms with Crippen LogP contribution in [0.2, 0.25) is 0 Å². The molecule has 0 aromatic carbocycles. The van der Waals surface area contributed by atoms with Crippen LogP contribution in [0.15, 0.2) is 6.20 Å². The maximum atomic E-state index is 12.0. The summed E-state index contributed by atoms with van der Waals surface area (Å²) in [6.07, 6.45) is 3.62. The molecule has 7 nitrogen and oxygen atoms in total. The Bertz CT molecular complexity index is 586. The van der Waals surface area contributed by atoms with Crippen LogP contribution in [0.5, 0.6) is 0 Å². The molecular weight excluding hydrogens is 308 g/mol. The van der Waals surface area contributed by atoms with Crippen LogP contribution < -0.4 is 10.6 Å². The summed E-state index contributed by atoms with van der Waals surface area (Å²) in [4.78, 5) is 20.6. The zero-order valence-corrected chi connectivity index (χ0v) is 15.1. The summed E-state index contributed by atoms with van der Waals surface area (Å²) >= 11 is 0. The van der Waals surface area contributed by atoms with Gasteiger partial charge in [-0.25, -0.2) is 9.78 Å². The van der Waals surface area contributed by atoms with Crippen molar-refractivity contribution >= 4 is 17.7 Å². The summed E-state index contributed by atoms with van der Waals surface area (Å²) in [7, 11) is 1.33. The first-order valence-electron chi connectivity index (χ1n) is 8.37. The number of nitrogens with one attached hydrogen (secondary N) is 2. The highest BCUT2D eigenvalue weighted by Crippen LogP contribution is 2.27. The highest BCUT2D eigenvalue weighted by Gasteiger charge is 2.28. The molecule has 7 heteroatoms. The van der Waals surface area contributed by atoms with Gasteiger partial charge in [-0.3, -0.25) is 0 Å². The number of aliphatic hydroxyl groups excluding tert-OH is 1. The topological polar surface area (TPSA) is 96.4 Å². The molecule has 0 aliphatic heterocycles. The molecule has 0 unspecified atom stereocenters. The van der Waals surface area contributed by atoms with E-state index in [9.17, 15) is 9.90 Å². The van der Waals surface area contributed by atoms with Gasteiger partial charge in [0.05, 0.1) is 13.2 Å². The lowest BCUT2D eigenvalue weighted by atomic mass is 9.85. The largest absolute Gasteiger partial charge is 0.465 e. The highest BCUT2D eigenvalue weighted by atomic mass is 16.5. The Balaban J connectivity index is 2.23. The van der Waals surface area contributed by atoms with Crippen LogP contribution >= 0.6 is 0 Å². The van der Waals surface area contributed by atoms with Gasteiger partial charge in [-0.2, -0.15) is 4.98 Å². The minimum absolute atomic E-state index is 0.0667. The van der Waals surface area contributed by atoms with E-state index in [1.807, 2.05) is 20.8 Å². The molecule has 2 rings (SSSR count). The number of hydrogen-bond donors (Lipinski definition) is 3. The van der Waals surface area contributed by atoms with Gasteiger partial charge in [-0.05, 0) is 46.0 Å². The van der Waals surface area contributed by atoms with Crippen molar-refractivity contribution in [1.82, 2.24) is 9.97 Å². The second-order valence-corrected chi connectivity index (χ2v) is 7.52. The zero-order chi connectivity index (χ0) is 17.9. The van der Waals surface area contributed by atoms with Gasteiger partial charge in [0.25, 0.3) is 0 Å². The van der Waals surface area contributed by atoms with Crippen LogP contribution in [-0.2, 0) is 4.74 Å². The third-order valence-corrected chi connectivity index (χ3v) is 4.18. The molecule has 134 valence electrons. The first-order valence-corrected chi connectivity index (χ1v) is 8.37. The van der Waals surface area contributed by atoms with Crippen molar-refractivity contribution in [3.05, 3.63) is 11.8 Å². The number of ether oxygens (including phenoxy) is 1. The Labute approximate surface area is 143 Å². The molecule has 24 heavy (non-hydrogen) atoms. The van der Waals surface area contributed by atoms with E-state index in [0.29, 0.717) is 29.7 Å². The highest BCUT2D eigenvalue weighted by molar-refractivity contribution is 5.94. The summed E-state index contributed by atoms with van der Waals surface area (Å²) in [6, 6.07) is 0.0667. The predicted octanol–water partition coefficient (Wildman–Crippen LogP) is 2.44. The summed E-state index contributed by atoms with van der Waals surface area (Å²) in [5.74, 6) is 0.703. The monoisotopic (exact) mass is 336 g/mol. The minimum Gasteiger partial charge on any atom is -0.465 e. The lowest BCUT2D eigenvalue weighted by molar-refractivity contribution is 0.0600. The Hall–Kier alpha value is -1.89. The Morgan fingerprint density at radius 2 is 2.08 bits per heavy atom. The van der Waals surface area contributed by atoms with E-state index in [1.54, 1.807) is 0 Å². The smallest absolute Gasteiger partial charge is 0.343 e. The standard InChI is InChI=1S/C17H28N4O3/c1-10-6-7-11(8-13(10)22)19-14-12(15(23)24-5)9-18-16(20-14)21-17(2,3)4/h9-11,13,22H,6-8H2,1-5H3,(H2,18,19,20,21)/t10-,11-,13-/m1/s1. The number of nitrogens with zero attached hydrogens (tertiary/aromatic N) is 2. The van der Waals surface area contributed by atoms with Crippen molar-refractivity contribution in [3.63, 3.8) is 0 Å². The number of hydrogen-bond acceptors (Lipinski definition) is 7. The molecular formula is C17H28N4O3. The fourth-order valence-corrected chi connectivity index (χ4v) is 2.77. The lowest BCUT2D eigenvalue weighted by Gasteiger charge is -2.32. The van der Waals surface area contributed by atoms with E-state index in [2.05, 4.69) is 27.5 Å². The molecule has 1 aliphatic rings. The van der Waals surface area contributed by atoms with Crippen molar-refractivity contribution in [3.8, 4) is 0 Å². The quantitative estimate of drug-likeness (QED) is 0.727. The van der Waals surface area contributed by atoms with Crippen molar-refractivity contribution in [2.24, 2.45) is 5.92 Å². The van der Waals surface area contributed by atoms with Gasteiger partial charge in [0.2, 0.25) is 5.95 Å². The first kappa shape index (κ1) is 18.4. The van der Waals surface area contributed by atoms with Crippen LogP contribution in [0.3, 0.4) is 0 Å². The zero-order valence-electron chi connectivity index (χ0n) is 15.1. The van der Waals surface area contributed by atoms with Crippen molar-refractivity contribution < 1.29 is 14.6 Å².